The van der Waals surface area contributed by atoms with E-state index in [1.54, 1.807) is 19.1 Å². The molecule has 4 heteroatoms. The average molecular weight is 197 g/mol. The predicted octanol–water partition coefficient (Wildman–Crippen LogP) is 2.54. The molecule has 1 N–H and O–H groups in total. The van der Waals surface area contributed by atoms with Crippen LogP contribution in [0.5, 0.6) is 0 Å². The van der Waals surface area contributed by atoms with Crippen molar-refractivity contribution in [1.29, 1.82) is 0 Å². The van der Waals surface area contributed by atoms with Gasteiger partial charge in [-0.15, -0.1) is 12.6 Å². The third-order valence-electron chi connectivity index (χ3n) is 1.42. The lowest BCUT2D eigenvalue weighted by Gasteiger charge is -2.06. The smallest absolute Gasteiger partial charge is 0.411 e. The van der Waals surface area contributed by atoms with Crippen LogP contribution in [0.3, 0.4) is 0 Å². The SMILES string of the molecule is CCOC(=O)Nc1ccccc1S. The molecule has 0 saturated heterocycles. The summed E-state index contributed by atoms with van der Waals surface area (Å²) in [6.07, 6.45) is -0.455. The Bertz CT molecular complexity index is 301. The fourth-order valence-corrected chi connectivity index (χ4v) is 1.07. The molecule has 0 spiro atoms. The van der Waals surface area contributed by atoms with Crippen molar-refractivity contribution in [2.45, 2.75) is 11.8 Å². The molecule has 1 aromatic rings. The molecule has 0 aliphatic carbocycles. The minimum absolute atomic E-state index is 0.362. The van der Waals surface area contributed by atoms with Gasteiger partial charge in [0.05, 0.1) is 12.3 Å². The minimum atomic E-state index is -0.455. The summed E-state index contributed by atoms with van der Waals surface area (Å²) in [6, 6.07) is 7.23. The zero-order valence-corrected chi connectivity index (χ0v) is 8.17. The lowest BCUT2D eigenvalue weighted by molar-refractivity contribution is 0.168. The Balaban J connectivity index is 2.63. The van der Waals surface area contributed by atoms with Crippen LogP contribution in [0.1, 0.15) is 6.92 Å². The third-order valence-corrected chi connectivity index (χ3v) is 1.81. The molecule has 0 aromatic heterocycles. The van der Waals surface area contributed by atoms with Gasteiger partial charge in [-0.2, -0.15) is 0 Å². The molecule has 1 aromatic carbocycles. The van der Waals surface area contributed by atoms with E-state index in [0.29, 0.717) is 12.3 Å². The van der Waals surface area contributed by atoms with E-state index in [1.807, 2.05) is 12.1 Å². The molecule has 0 bridgehead atoms. The van der Waals surface area contributed by atoms with E-state index in [2.05, 4.69) is 17.9 Å². The van der Waals surface area contributed by atoms with Crippen molar-refractivity contribution in [2.75, 3.05) is 11.9 Å². The van der Waals surface area contributed by atoms with Gasteiger partial charge in [-0.3, -0.25) is 5.32 Å². The Morgan fingerprint density at radius 3 is 2.85 bits per heavy atom. The Kier molecular flexibility index (Phi) is 3.64. The number of thiol groups is 1. The van der Waals surface area contributed by atoms with Gasteiger partial charge in [0, 0.05) is 4.90 Å². The highest BCUT2D eigenvalue weighted by Gasteiger charge is 2.03. The number of amides is 1. The molecular formula is C9H11NO2S. The number of ether oxygens (including phenoxy) is 1. The number of carbonyl (C=O) groups is 1. The highest BCUT2D eigenvalue weighted by molar-refractivity contribution is 7.80. The summed E-state index contributed by atoms with van der Waals surface area (Å²) in [5, 5.41) is 2.57. The predicted molar refractivity (Wildman–Crippen MR) is 54.3 cm³/mol. The van der Waals surface area contributed by atoms with Crippen LogP contribution in [-0.2, 0) is 4.74 Å². The first-order valence-corrected chi connectivity index (χ1v) is 4.40. The first kappa shape index (κ1) is 9.92. The Hall–Kier alpha value is -1.16. The highest BCUT2D eigenvalue weighted by Crippen LogP contribution is 2.18. The molecule has 0 saturated carbocycles. The van der Waals surface area contributed by atoms with Crippen molar-refractivity contribution < 1.29 is 9.53 Å². The standard InChI is InChI=1S/C9H11NO2S/c1-2-12-9(11)10-7-5-3-4-6-8(7)13/h3-6,13H,2H2,1H3,(H,10,11). The van der Waals surface area contributed by atoms with Gasteiger partial charge in [-0.25, -0.2) is 4.79 Å². The van der Waals surface area contributed by atoms with E-state index >= 15 is 0 Å². The molecule has 1 rings (SSSR count). The van der Waals surface area contributed by atoms with Crippen molar-refractivity contribution in [3.8, 4) is 0 Å². The van der Waals surface area contributed by atoms with Gasteiger partial charge in [0.15, 0.2) is 0 Å². The van der Waals surface area contributed by atoms with Crippen LogP contribution >= 0.6 is 12.6 Å². The summed E-state index contributed by atoms with van der Waals surface area (Å²) < 4.78 is 4.72. The van der Waals surface area contributed by atoms with Crippen molar-refractivity contribution in [3.05, 3.63) is 24.3 Å². The average Bonchev–Trinajstić information content (AvgIpc) is 2.09. The zero-order chi connectivity index (χ0) is 9.68. The van der Waals surface area contributed by atoms with E-state index in [0.717, 1.165) is 4.90 Å². The maximum atomic E-state index is 11.0. The molecule has 0 fully saturated rings. The molecular weight excluding hydrogens is 186 g/mol. The van der Waals surface area contributed by atoms with Gasteiger partial charge in [0.1, 0.15) is 0 Å². The van der Waals surface area contributed by atoms with E-state index in [1.165, 1.54) is 0 Å². The number of para-hydroxylation sites is 1. The summed E-state index contributed by atoms with van der Waals surface area (Å²) in [5.74, 6) is 0. The van der Waals surface area contributed by atoms with Crippen molar-refractivity contribution in [3.63, 3.8) is 0 Å². The second-order valence-electron chi connectivity index (χ2n) is 2.36. The van der Waals surface area contributed by atoms with E-state index in [9.17, 15) is 4.79 Å². The largest absolute Gasteiger partial charge is 0.450 e. The number of hydrogen-bond acceptors (Lipinski definition) is 3. The summed E-state index contributed by atoms with van der Waals surface area (Å²) >= 11 is 4.17. The maximum absolute atomic E-state index is 11.0. The number of anilines is 1. The number of benzene rings is 1. The van der Waals surface area contributed by atoms with Crippen LogP contribution in [-0.4, -0.2) is 12.7 Å². The molecule has 0 radical (unpaired) electrons. The molecule has 0 atom stereocenters. The molecule has 0 aliphatic rings. The second-order valence-corrected chi connectivity index (χ2v) is 2.84. The highest BCUT2D eigenvalue weighted by atomic mass is 32.1. The van der Waals surface area contributed by atoms with Gasteiger partial charge in [0.2, 0.25) is 0 Å². The van der Waals surface area contributed by atoms with Gasteiger partial charge in [0.25, 0.3) is 0 Å². The van der Waals surface area contributed by atoms with Crippen LogP contribution in [0, 0.1) is 0 Å². The molecule has 3 nitrogen and oxygen atoms in total. The fraction of sp³-hybridized carbons (Fsp3) is 0.222. The third kappa shape index (κ3) is 2.99. The fourth-order valence-electron chi connectivity index (χ4n) is 0.856. The van der Waals surface area contributed by atoms with Crippen LogP contribution in [0.4, 0.5) is 10.5 Å². The molecule has 0 heterocycles. The first-order valence-electron chi connectivity index (χ1n) is 3.95. The molecule has 0 unspecified atom stereocenters. The Labute approximate surface area is 82.5 Å². The van der Waals surface area contributed by atoms with Crippen molar-refractivity contribution in [2.24, 2.45) is 0 Å². The van der Waals surface area contributed by atoms with Gasteiger partial charge in [-0.1, -0.05) is 12.1 Å². The summed E-state index contributed by atoms with van der Waals surface area (Å²) in [4.78, 5) is 11.7. The Morgan fingerprint density at radius 2 is 2.23 bits per heavy atom. The van der Waals surface area contributed by atoms with E-state index in [-0.39, 0.29) is 0 Å². The topological polar surface area (TPSA) is 38.3 Å². The molecule has 0 aliphatic heterocycles. The molecule has 13 heavy (non-hydrogen) atoms. The van der Waals surface area contributed by atoms with Gasteiger partial charge in [-0.05, 0) is 19.1 Å². The van der Waals surface area contributed by atoms with Gasteiger partial charge >= 0.3 is 6.09 Å². The molecule has 70 valence electrons. The lowest BCUT2D eigenvalue weighted by atomic mass is 10.3. The van der Waals surface area contributed by atoms with E-state index in [4.69, 9.17) is 4.74 Å². The normalized spacial score (nSPS) is 9.38. The van der Waals surface area contributed by atoms with Crippen molar-refractivity contribution >= 4 is 24.4 Å². The number of hydrogen-bond donors (Lipinski definition) is 2. The number of nitrogens with one attached hydrogen (secondary N) is 1. The summed E-state index contributed by atoms with van der Waals surface area (Å²) in [7, 11) is 0. The van der Waals surface area contributed by atoms with Gasteiger partial charge < -0.3 is 4.74 Å². The second kappa shape index (κ2) is 4.77. The number of carbonyl (C=O) groups excluding carboxylic acids is 1. The van der Waals surface area contributed by atoms with Crippen LogP contribution < -0.4 is 5.32 Å². The first-order chi connectivity index (χ1) is 6.24. The van der Waals surface area contributed by atoms with Crippen molar-refractivity contribution in [1.82, 2.24) is 0 Å². The quantitative estimate of drug-likeness (QED) is 0.715. The van der Waals surface area contributed by atoms with E-state index < -0.39 is 6.09 Å². The Morgan fingerprint density at radius 1 is 1.54 bits per heavy atom. The lowest BCUT2D eigenvalue weighted by Crippen LogP contribution is -2.13. The maximum Gasteiger partial charge on any atom is 0.411 e. The van der Waals surface area contributed by atoms with Crippen LogP contribution in [0.2, 0.25) is 0 Å². The summed E-state index contributed by atoms with van der Waals surface area (Å²) in [5.41, 5.74) is 0.657. The monoisotopic (exact) mass is 197 g/mol. The summed E-state index contributed by atoms with van der Waals surface area (Å²) in [6.45, 7) is 2.12. The zero-order valence-electron chi connectivity index (χ0n) is 7.28. The number of rotatable bonds is 2. The molecule has 1 amide bonds. The van der Waals surface area contributed by atoms with Crippen LogP contribution in [0.15, 0.2) is 29.2 Å². The minimum Gasteiger partial charge on any atom is -0.450 e. The van der Waals surface area contributed by atoms with Crippen LogP contribution in [0.25, 0.3) is 0 Å².